The number of alkyl halides is 2. The van der Waals surface area contributed by atoms with Gasteiger partial charge in [-0.3, -0.25) is 0 Å². The van der Waals surface area contributed by atoms with Gasteiger partial charge in [0.15, 0.2) is 0 Å². The fraction of sp³-hybridized carbons (Fsp3) is 0.600. The van der Waals surface area contributed by atoms with Crippen LogP contribution in [0.15, 0.2) is 24.3 Å². The Morgan fingerprint density at radius 1 is 1.22 bits per heavy atom. The van der Waals surface area contributed by atoms with Crippen LogP contribution >= 0.6 is 0 Å². The molecule has 0 bridgehead atoms. The fourth-order valence-corrected chi connectivity index (χ4v) is 2.16. The normalized spacial score (nSPS) is 14.6. The summed E-state index contributed by atoms with van der Waals surface area (Å²) in [4.78, 5) is 0. The Labute approximate surface area is 108 Å². The molecule has 0 aliphatic rings. The quantitative estimate of drug-likeness (QED) is 0.835. The second kappa shape index (κ2) is 5.35. The highest BCUT2D eigenvalue weighted by atomic mass is 19.3. The Morgan fingerprint density at radius 2 is 1.78 bits per heavy atom. The van der Waals surface area contributed by atoms with Gasteiger partial charge in [0.2, 0.25) is 0 Å². The molecular weight excluding hydrogens is 234 g/mol. The van der Waals surface area contributed by atoms with E-state index in [1.807, 2.05) is 6.07 Å². The van der Waals surface area contributed by atoms with Crippen LogP contribution < -0.4 is 0 Å². The lowest BCUT2D eigenvalue weighted by atomic mass is 9.79. The molecule has 102 valence electrons. The van der Waals surface area contributed by atoms with E-state index in [2.05, 4.69) is 20.8 Å². The van der Waals surface area contributed by atoms with Crippen LogP contribution in [0.25, 0.3) is 0 Å². The lowest BCUT2D eigenvalue weighted by molar-refractivity contribution is -0.106. The molecule has 18 heavy (non-hydrogen) atoms. The molecule has 1 N–H and O–H groups in total. The van der Waals surface area contributed by atoms with Gasteiger partial charge in [0, 0.05) is 5.56 Å². The fourth-order valence-electron chi connectivity index (χ4n) is 2.16. The van der Waals surface area contributed by atoms with Crippen molar-refractivity contribution < 1.29 is 13.9 Å². The highest BCUT2D eigenvalue weighted by Gasteiger charge is 2.38. The number of aliphatic hydroxyl groups excluding tert-OH is 1. The lowest BCUT2D eigenvalue weighted by Gasteiger charge is -2.27. The van der Waals surface area contributed by atoms with Crippen LogP contribution in [0.5, 0.6) is 0 Å². The molecule has 0 saturated heterocycles. The lowest BCUT2D eigenvalue weighted by Crippen LogP contribution is -2.28. The van der Waals surface area contributed by atoms with E-state index in [0.717, 1.165) is 25.3 Å². The van der Waals surface area contributed by atoms with E-state index >= 15 is 0 Å². The first-order valence-corrected chi connectivity index (χ1v) is 6.38. The van der Waals surface area contributed by atoms with Gasteiger partial charge in [-0.15, -0.1) is 0 Å². The standard InChI is InChI=1S/C15H22F2O/c1-5-9-14(3,4)12-7-6-8-13(10-12)15(16,17)11(2)18/h6-8,10-11,18H,5,9H2,1-4H3/t11-/m1/s1. The number of hydrogen-bond acceptors (Lipinski definition) is 1. The van der Waals surface area contributed by atoms with Crippen molar-refractivity contribution in [1.82, 2.24) is 0 Å². The Hall–Kier alpha value is -0.960. The van der Waals surface area contributed by atoms with E-state index in [0.29, 0.717) is 0 Å². The summed E-state index contributed by atoms with van der Waals surface area (Å²) in [7, 11) is 0. The van der Waals surface area contributed by atoms with Gasteiger partial charge in [0.1, 0.15) is 6.10 Å². The number of rotatable bonds is 5. The topological polar surface area (TPSA) is 20.2 Å². The second-order valence-electron chi connectivity index (χ2n) is 5.51. The first kappa shape index (κ1) is 15.1. The van der Waals surface area contributed by atoms with E-state index in [1.165, 1.54) is 12.1 Å². The van der Waals surface area contributed by atoms with E-state index < -0.39 is 12.0 Å². The summed E-state index contributed by atoms with van der Waals surface area (Å²) in [5.41, 5.74) is 0.654. The summed E-state index contributed by atoms with van der Waals surface area (Å²) >= 11 is 0. The highest BCUT2D eigenvalue weighted by molar-refractivity contribution is 5.32. The van der Waals surface area contributed by atoms with Gasteiger partial charge in [0.05, 0.1) is 0 Å². The minimum Gasteiger partial charge on any atom is -0.387 e. The molecule has 0 unspecified atom stereocenters. The number of halogens is 2. The Kier molecular flexibility index (Phi) is 4.49. The molecule has 0 aliphatic heterocycles. The molecule has 1 nitrogen and oxygen atoms in total. The van der Waals surface area contributed by atoms with Crippen LogP contribution in [0, 0.1) is 0 Å². The molecule has 0 spiro atoms. The van der Waals surface area contributed by atoms with E-state index in [4.69, 9.17) is 0 Å². The van der Waals surface area contributed by atoms with Crippen molar-refractivity contribution in [3.63, 3.8) is 0 Å². The van der Waals surface area contributed by atoms with Gasteiger partial charge < -0.3 is 5.11 Å². The molecule has 1 aromatic carbocycles. The van der Waals surface area contributed by atoms with Crippen molar-refractivity contribution in [3.05, 3.63) is 35.4 Å². The van der Waals surface area contributed by atoms with E-state index in [-0.39, 0.29) is 11.0 Å². The zero-order valence-corrected chi connectivity index (χ0v) is 11.5. The smallest absolute Gasteiger partial charge is 0.298 e. The van der Waals surface area contributed by atoms with Crippen LogP contribution in [0.4, 0.5) is 8.78 Å². The van der Waals surface area contributed by atoms with Crippen LogP contribution in [-0.2, 0) is 11.3 Å². The number of aliphatic hydroxyl groups is 1. The summed E-state index contributed by atoms with van der Waals surface area (Å²) in [5.74, 6) is -3.20. The maximum absolute atomic E-state index is 13.8. The summed E-state index contributed by atoms with van der Waals surface area (Å²) in [5, 5.41) is 9.18. The highest BCUT2D eigenvalue weighted by Crippen LogP contribution is 2.35. The Bertz CT molecular complexity index is 397. The molecule has 0 aromatic heterocycles. The van der Waals surface area contributed by atoms with Gasteiger partial charge in [-0.05, 0) is 30.4 Å². The molecule has 0 aliphatic carbocycles. The monoisotopic (exact) mass is 256 g/mol. The van der Waals surface area contributed by atoms with Crippen molar-refractivity contribution in [1.29, 1.82) is 0 Å². The van der Waals surface area contributed by atoms with Crippen LogP contribution in [0.1, 0.15) is 51.7 Å². The molecular formula is C15H22F2O. The zero-order chi connectivity index (χ0) is 14.0. The summed E-state index contributed by atoms with van der Waals surface area (Å²) in [6.45, 7) is 7.30. The van der Waals surface area contributed by atoms with Gasteiger partial charge in [-0.1, -0.05) is 45.4 Å². The largest absolute Gasteiger partial charge is 0.387 e. The predicted molar refractivity (Wildman–Crippen MR) is 70.0 cm³/mol. The number of hydrogen-bond donors (Lipinski definition) is 1. The van der Waals surface area contributed by atoms with Gasteiger partial charge in [-0.25, -0.2) is 0 Å². The molecule has 0 amide bonds. The second-order valence-corrected chi connectivity index (χ2v) is 5.51. The van der Waals surface area contributed by atoms with Crippen molar-refractivity contribution in [2.24, 2.45) is 0 Å². The first-order chi connectivity index (χ1) is 8.21. The molecule has 3 heteroatoms. The molecule has 0 fully saturated rings. The third-order valence-corrected chi connectivity index (χ3v) is 3.43. The molecule has 1 atom stereocenters. The molecule has 0 heterocycles. The maximum atomic E-state index is 13.8. The average molecular weight is 256 g/mol. The summed E-state index contributed by atoms with van der Waals surface area (Å²) in [6.07, 6.45) is 0.266. The summed E-state index contributed by atoms with van der Waals surface area (Å²) < 4.78 is 27.6. The molecule has 1 rings (SSSR count). The van der Waals surface area contributed by atoms with Crippen molar-refractivity contribution in [2.45, 2.75) is 58.0 Å². The van der Waals surface area contributed by atoms with E-state index in [1.54, 1.807) is 6.07 Å². The predicted octanol–water partition coefficient (Wildman–Crippen LogP) is 4.24. The average Bonchev–Trinajstić information content (AvgIpc) is 2.29. The summed E-state index contributed by atoms with van der Waals surface area (Å²) in [6, 6.07) is 6.40. The Balaban J connectivity index is 3.14. The molecule has 0 radical (unpaired) electrons. The minimum atomic E-state index is -3.20. The van der Waals surface area contributed by atoms with Gasteiger partial charge in [0.25, 0.3) is 5.92 Å². The van der Waals surface area contributed by atoms with Crippen LogP contribution in [0.2, 0.25) is 0 Å². The van der Waals surface area contributed by atoms with Crippen LogP contribution in [0.3, 0.4) is 0 Å². The SMILES string of the molecule is CCCC(C)(C)c1cccc(C(F)(F)[C@@H](C)O)c1. The third kappa shape index (κ3) is 3.08. The van der Waals surface area contributed by atoms with Gasteiger partial charge in [-0.2, -0.15) is 8.78 Å². The van der Waals surface area contributed by atoms with Crippen molar-refractivity contribution in [2.75, 3.05) is 0 Å². The van der Waals surface area contributed by atoms with Crippen molar-refractivity contribution >= 4 is 0 Å². The zero-order valence-electron chi connectivity index (χ0n) is 11.5. The number of benzene rings is 1. The van der Waals surface area contributed by atoms with E-state index in [9.17, 15) is 13.9 Å². The molecule has 0 saturated carbocycles. The maximum Gasteiger partial charge on any atom is 0.298 e. The van der Waals surface area contributed by atoms with Crippen molar-refractivity contribution in [3.8, 4) is 0 Å². The first-order valence-electron chi connectivity index (χ1n) is 6.38. The third-order valence-electron chi connectivity index (χ3n) is 3.43. The minimum absolute atomic E-state index is 0.112. The van der Waals surface area contributed by atoms with Gasteiger partial charge >= 0.3 is 0 Å². The Morgan fingerprint density at radius 3 is 2.28 bits per heavy atom. The molecule has 1 aromatic rings. The van der Waals surface area contributed by atoms with Crippen LogP contribution in [-0.4, -0.2) is 11.2 Å².